The van der Waals surface area contributed by atoms with Crippen LogP contribution in [0.2, 0.25) is 0 Å². The van der Waals surface area contributed by atoms with E-state index in [0.29, 0.717) is 0 Å². The van der Waals surface area contributed by atoms with Gasteiger partial charge in [0.1, 0.15) is 0 Å². The van der Waals surface area contributed by atoms with Crippen molar-refractivity contribution in [2.24, 2.45) is 0 Å². The summed E-state index contributed by atoms with van der Waals surface area (Å²) in [6, 6.07) is 0. The van der Waals surface area contributed by atoms with Gasteiger partial charge in [0, 0.05) is 14.2 Å². The number of rotatable bonds is 0. The van der Waals surface area contributed by atoms with Crippen LogP contribution in [-0.2, 0) is 9.47 Å². The van der Waals surface area contributed by atoms with E-state index in [-0.39, 0.29) is 37.7 Å². The Morgan fingerprint density at radius 2 is 1.09 bits per heavy atom. The van der Waals surface area contributed by atoms with Crippen LogP contribution in [0.1, 0.15) is 0 Å². The molecule has 0 aromatic carbocycles. The Morgan fingerprint density at radius 1 is 1.00 bits per heavy atom. The van der Waals surface area contributed by atoms with E-state index < -0.39 is 12.3 Å². The standard InChI is InChI=1S/2C2H4O3.Ca/c2*1-5-2(3)4;/h2*1H3,(H,3,4);/q;;+2/p-2. The first kappa shape index (κ1) is 17.0. The average Bonchev–Trinajstić information content (AvgIpc) is 1.89. The molecule has 0 amide bonds. The minimum atomic E-state index is -1.50. The summed E-state index contributed by atoms with van der Waals surface area (Å²) in [7, 11) is 2.07. The monoisotopic (exact) mass is 190 g/mol. The Bertz CT molecular complexity index is 99.1. The molecule has 60 valence electrons. The second kappa shape index (κ2) is 12.5. The Hall–Kier alpha value is -0.200. The van der Waals surface area contributed by atoms with Gasteiger partial charge in [-0.3, -0.25) is 0 Å². The first-order valence-electron chi connectivity index (χ1n) is 2.04. The minimum absolute atomic E-state index is 0. The predicted octanol–water partition coefficient (Wildman–Crippen LogP) is -2.43. The fourth-order valence-corrected chi connectivity index (χ4v) is 0. The first-order chi connectivity index (χ1) is 4.54. The molecular weight excluding hydrogens is 184 g/mol. The van der Waals surface area contributed by atoms with Crippen molar-refractivity contribution in [1.29, 1.82) is 0 Å². The van der Waals surface area contributed by atoms with Gasteiger partial charge in [-0.2, -0.15) is 0 Å². The molecule has 0 heterocycles. The van der Waals surface area contributed by atoms with Crippen LogP contribution in [0.25, 0.3) is 0 Å². The molecule has 7 heteroatoms. The summed E-state index contributed by atoms with van der Waals surface area (Å²) >= 11 is 0. The van der Waals surface area contributed by atoms with Crippen molar-refractivity contribution >= 4 is 50.0 Å². The Kier molecular flexibility index (Phi) is 19.3. The molecule has 0 aromatic rings. The van der Waals surface area contributed by atoms with Gasteiger partial charge in [0.05, 0.1) is 0 Å². The third-order valence-electron chi connectivity index (χ3n) is 0.333. The molecule has 0 saturated heterocycles. The molecule has 6 nitrogen and oxygen atoms in total. The zero-order chi connectivity index (χ0) is 8.57. The topological polar surface area (TPSA) is 98.7 Å². The molecule has 0 atom stereocenters. The second-order valence-electron chi connectivity index (χ2n) is 0.908. The Labute approximate surface area is 93.1 Å². The molecule has 0 fully saturated rings. The van der Waals surface area contributed by atoms with Crippen LogP contribution < -0.4 is 10.2 Å². The normalized spacial score (nSPS) is 6.00. The molecule has 0 N–H and O–H groups in total. The van der Waals surface area contributed by atoms with Crippen LogP contribution >= 0.6 is 0 Å². The van der Waals surface area contributed by atoms with Gasteiger partial charge in [-0.05, 0) is 0 Å². The van der Waals surface area contributed by atoms with Crippen LogP contribution in [0.5, 0.6) is 0 Å². The van der Waals surface area contributed by atoms with Crippen molar-refractivity contribution in [3.8, 4) is 0 Å². The summed E-state index contributed by atoms with van der Waals surface area (Å²) in [6.07, 6.45) is -2.99. The number of carbonyl (C=O) groups is 2. The Balaban J connectivity index is -0.000000107. The third-order valence-corrected chi connectivity index (χ3v) is 0.333. The van der Waals surface area contributed by atoms with Gasteiger partial charge in [-0.25, -0.2) is 0 Å². The van der Waals surface area contributed by atoms with E-state index in [1.165, 1.54) is 0 Å². The van der Waals surface area contributed by atoms with E-state index in [4.69, 9.17) is 19.8 Å². The van der Waals surface area contributed by atoms with E-state index in [0.717, 1.165) is 14.2 Å². The molecule has 0 aliphatic carbocycles. The van der Waals surface area contributed by atoms with Crippen molar-refractivity contribution in [1.82, 2.24) is 0 Å². The van der Waals surface area contributed by atoms with Gasteiger partial charge in [-0.15, -0.1) is 0 Å². The van der Waals surface area contributed by atoms with Crippen LogP contribution in [0.15, 0.2) is 0 Å². The molecule has 0 saturated carbocycles. The zero-order valence-corrected chi connectivity index (χ0v) is 8.36. The molecule has 0 radical (unpaired) electrons. The van der Waals surface area contributed by atoms with Gasteiger partial charge in [0.15, 0.2) is 0 Å². The quantitative estimate of drug-likeness (QED) is 0.311. The van der Waals surface area contributed by atoms with Gasteiger partial charge >= 0.3 is 37.7 Å². The van der Waals surface area contributed by atoms with Crippen LogP contribution in [0.4, 0.5) is 9.59 Å². The Morgan fingerprint density at radius 3 is 1.09 bits per heavy atom. The summed E-state index contributed by atoms with van der Waals surface area (Å²) < 4.78 is 7.11. The average molecular weight is 190 g/mol. The van der Waals surface area contributed by atoms with Crippen LogP contribution in [-0.4, -0.2) is 64.3 Å². The molecular formula is C4H6CaO6. The van der Waals surface area contributed by atoms with E-state index in [9.17, 15) is 0 Å². The SMILES string of the molecule is COC(=O)[O-].COC(=O)[O-].[Ca+2]. The maximum Gasteiger partial charge on any atom is 2.00 e. The minimum Gasteiger partial charge on any atom is -0.553 e. The molecule has 11 heavy (non-hydrogen) atoms. The number of ether oxygens (including phenoxy) is 2. The number of hydrogen-bond acceptors (Lipinski definition) is 6. The van der Waals surface area contributed by atoms with Crippen molar-refractivity contribution in [3.05, 3.63) is 0 Å². The summed E-state index contributed by atoms with van der Waals surface area (Å²) in [4.78, 5) is 18.1. The summed E-state index contributed by atoms with van der Waals surface area (Å²) in [5, 5.41) is 18.1. The largest absolute Gasteiger partial charge is 2.00 e. The van der Waals surface area contributed by atoms with Crippen LogP contribution in [0, 0.1) is 0 Å². The van der Waals surface area contributed by atoms with Crippen molar-refractivity contribution < 1.29 is 29.3 Å². The fraction of sp³-hybridized carbons (Fsp3) is 0.500. The molecule has 0 aromatic heterocycles. The zero-order valence-electron chi connectivity index (χ0n) is 6.16. The second-order valence-corrected chi connectivity index (χ2v) is 0.908. The molecule has 0 aliphatic rings. The van der Waals surface area contributed by atoms with Crippen molar-refractivity contribution in [3.63, 3.8) is 0 Å². The van der Waals surface area contributed by atoms with E-state index in [1.807, 2.05) is 0 Å². The van der Waals surface area contributed by atoms with E-state index in [2.05, 4.69) is 9.47 Å². The number of hydrogen-bond donors (Lipinski definition) is 0. The van der Waals surface area contributed by atoms with Gasteiger partial charge in [0.25, 0.3) is 12.3 Å². The molecule has 0 rings (SSSR count). The van der Waals surface area contributed by atoms with Crippen molar-refractivity contribution in [2.75, 3.05) is 14.2 Å². The number of carbonyl (C=O) groups excluding carboxylic acids is 2. The predicted molar refractivity (Wildman–Crippen MR) is 30.6 cm³/mol. The van der Waals surface area contributed by atoms with Gasteiger partial charge in [0.2, 0.25) is 0 Å². The third kappa shape index (κ3) is 41.3. The maximum atomic E-state index is 9.03. The van der Waals surface area contributed by atoms with E-state index in [1.54, 1.807) is 0 Å². The molecule has 0 unspecified atom stereocenters. The number of methoxy groups -OCH3 is 2. The molecule has 0 aliphatic heterocycles. The van der Waals surface area contributed by atoms with Crippen molar-refractivity contribution in [2.45, 2.75) is 0 Å². The maximum absolute atomic E-state index is 9.03. The molecule has 0 bridgehead atoms. The van der Waals surface area contributed by atoms with Crippen LogP contribution in [0.3, 0.4) is 0 Å². The molecule has 0 spiro atoms. The summed E-state index contributed by atoms with van der Waals surface area (Å²) in [6.45, 7) is 0. The summed E-state index contributed by atoms with van der Waals surface area (Å²) in [5.41, 5.74) is 0. The number of carboxylic acid groups (broad SMARTS) is 2. The first-order valence-corrected chi connectivity index (χ1v) is 2.04. The fourth-order valence-electron chi connectivity index (χ4n) is 0. The van der Waals surface area contributed by atoms with Gasteiger partial charge < -0.3 is 29.3 Å². The van der Waals surface area contributed by atoms with E-state index >= 15 is 0 Å². The summed E-state index contributed by atoms with van der Waals surface area (Å²) in [5.74, 6) is 0. The smallest absolute Gasteiger partial charge is 0.553 e. The van der Waals surface area contributed by atoms with Gasteiger partial charge in [-0.1, -0.05) is 0 Å².